The van der Waals surface area contributed by atoms with Crippen LogP contribution in [0.4, 0.5) is 10.5 Å². The number of ether oxygens (including phenoxy) is 2. The first-order valence-electron chi connectivity index (χ1n) is 13.5. The maximum atomic E-state index is 12.6. The number of aryl methyl sites for hydroxylation is 1. The van der Waals surface area contributed by atoms with Gasteiger partial charge in [0.1, 0.15) is 5.60 Å². The van der Waals surface area contributed by atoms with Crippen LogP contribution in [-0.2, 0) is 14.3 Å². The highest BCUT2D eigenvalue weighted by atomic mass is 16.6. The molecule has 37 heavy (non-hydrogen) atoms. The summed E-state index contributed by atoms with van der Waals surface area (Å²) in [6.45, 7) is 12.8. The van der Waals surface area contributed by atoms with Gasteiger partial charge in [-0.15, -0.1) is 0 Å². The molecule has 1 aromatic carbocycles. The predicted octanol–water partition coefficient (Wildman–Crippen LogP) is 4.63. The van der Waals surface area contributed by atoms with Gasteiger partial charge in [-0.25, -0.2) is 4.79 Å². The quantitative estimate of drug-likeness (QED) is 0.543. The molecule has 4 rings (SSSR count). The number of methoxy groups -OCH3 is 1. The van der Waals surface area contributed by atoms with Crippen molar-refractivity contribution in [1.82, 2.24) is 14.8 Å². The zero-order chi connectivity index (χ0) is 26.6. The average molecular weight is 511 g/mol. The minimum Gasteiger partial charge on any atom is -0.469 e. The van der Waals surface area contributed by atoms with Crippen LogP contribution in [0.25, 0.3) is 10.9 Å². The topological polar surface area (TPSA) is 75.2 Å². The molecule has 1 aromatic heterocycles. The van der Waals surface area contributed by atoms with Crippen molar-refractivity contribution in [2.24, 2.45) is 5.92 Å². The molecule has 3 heterocycles. The van der Waals surface area contributed by atoms with Crippen LogP contribution in [0.15, 0.2) is 30.5 Å². The van der Waals surface area contributed by atoms with Gasteiger partial charge in [-0.3, -0.25) is 14.7 Å². The van der Waals surface area contributed by atoms with Gasteiger partial charge in [-0.2, -0.15) is 0 Å². The number of fused-ring (bicyclic) bond motifs is 1. The minimum atomic E-state index is -0.503. The Morgan fingerprint density at radius 3 is 2.51 bits per heavy atom. The molecule has 8 heteroatoms. The van der Waals surface area contributed by atoms with Crippen LogP contribution >= 0.6 is 0 Å². The van der Waals surface area contributed by atoms with Crippen LogP contribution in [0.1, 0.15) is 52.0 Å². The summed E-state index contributed by atoms with van der Waals surface area (Å²) >= 11 is 0. The molecule has 2 fully saturated rings. The van der Waals surface area contributed by atoms with Gasteiger partial charge in [0.25, 0.3) is 0 Å². The molecule has 2 aliphatic heterocycles. The second kappa shape index (κ2) is 11.7. The van der Waals surface area contributed by atoms with Crippen LogP contribution in [-0.4, -0.2) is 84.9 Å². The van der Waals surface area contributed by atoms with Gasteiger partial charge in [0.2, 0.25) is 0 Å². The molecule has 0 bridgehead atoms. The van der Waals surface area contributed by atoms with Gasteiger partial charge in [0.15, 0.2) is 0 Å². The molecule has 1 atom stereocenters. The lowest BCUT2D eigenvalue weighted by Gasteiger charge is -2.41. The Labute approximate surface area is 220 Å². The summed E-state index contributed by atoms with van der Waals surface area (Å²) in [5, 5.41) is 1.16. The van der Waals surface area contributed by atoms with E-state index in [1.807, 2.05) is 33.0 Å². The van der Waals surface area contributed by atoms with Gasteiger partial charge in [0, 0.05) is 56.9 Å². The molecule has 1 amide bonds. The standard InChI is InChI=1S/C29H42N4O4/c1-21-9-10-23-8-6-13-30-26(23)27(21)32-15-7-14-31(18-19-32)24(20-25(34)36-5)22-11-16-33(17-12-22)28(35)37-29(2,3)4/h6,8-10,13,22,24H,7,11-12,14-20H2,1-5H3. The molecule has 0 N–H and O–H groups in total. The highest BCUT2D eigenvalue weighted by molar-refractivity contribution is 5.92. The molecule has 0 radical (unpaired) electrons. The van der Waals surface area contributed by atoms with Gasteiger partial charge in [-0.1, -0.05) is 18.2 Å². The zero-order valence-corrected chi connectivity index (χ0v) is 23.0. The number of anilines is 1. The van der Waals surface area contributed by atoms with Gasteiger partial charge in [-0.05, 0) is 64.5 Å². The fourth-order valence-corrected chi connectivity index (χ4v) is 5.76. The summed E-state index contributed by atoms with van der Waals surface area (Å²) in [5.41, 5.74) is 3.00. The maximum Gasteiger partial charge on any atom is 0.410 e. The van der Waals surface area contributed by atoms with E-state index in [0.29, 0.717) is 25.4 Å². The summed E-state index contributed by atoms with van der Waals surface area (Å²) in [4.78, 5) is 36.5. The Hall–Kier alpha value is -2.87. The third-order valence-electron chi connectivity index (χ3n) is 7.60. The van der Waals surface area contributed by atoms with E-state index in [0.717, 1.165) is 56.3 Å². The summed E-state index contributed by atoms with van der Waals surface area (Å²) in [7, 11) is 1.46. The third-order valence-corrected chi connectivity index (χ3v) is 7.60. The molecule has 0 saturated carbocycles. The van der Waals surface area contributed by atoms with Gasteiger partial charge < -0.3 is 19.3 Å². The molecule has 0 aliphatic carbocycles. The molecule has 2 aliphatic rings. The molecule has 2 saturated heterocycles. The number of benzene rings is 1. The van der Waals surface area contributed by atoms with Gasteiger partial charge >= 0.3 is 12.1 Å². The molecule has 202 valence electrons. The number of aromatic nitrogens is 1. The van der Waals surface area contributed by atoms with Crippen LogP contribution in [0.3, 0.4) is 0 Å². The van der Waals surface area contributed by atoms with Crippen LogP contribution < -0.4 is 4.90 Å². The van der Waals surface area contributed by atoms with Crippen molar-refractivity contribution < 1.29 is 19.1 Å². The van der Waals surface area contributed by atoms with E-state index in [1.165, 1.54) is 18.4 Å². The molecular formula is C29H42N4O4. The number of carbonyl (C=O) groups is 2. The summed E-state index contributed by atoms with van der Waals surface area (Å²) in [6.07, 6.45) is 4.71. The maximum absolute atomic E-state index is 12.6. The lowest BCUT2D eigenvalue weighted by atomic mass is 9.86. The largest absolute Gasteiger partial charge is 0.469 e. The van der Waals surface area contributed by atoms with E-state index in [9.17, 15) is 9.59 Å². The van der Waals surface area contributed by atoms with E-state index >= 15 is 0 Å². The predicted molar refractivity (Wildman–Crippen MR) is 146 cm³/mol. The van der Waals surface area contributed by atoms with Crippen molar-refractivity contribution in [3.8, 4) is 0 Å². The zero-order valence-electron chi connectivity index (χ0n) is 23.0. The number of rotatable bonds is 5. The number of hydrogen-bond acceptors (Lipinski definition) is 7. The Balaban J connectivity index is 1.46. The van der Waals surface area contributed by atoms with Crippen molar-refractivity contribution in [1.29, 1.82) is 0 Å². The number of likely N-dealkylation sites (tertiary alicyclic amines) is 1. The lowest BCUT2D eigenvalue weighted by molar-refractivity contribution is -0.142. The van der Waals surface area contributed by atoms with E-state index < -0.39 is 5.60 Å². The Kier molecular flexibility index (Phi) is 8.57. The number of nitrogens with zero attached hydrogens (tertiary/aromatic N) is 4. The third kappa shape index (κ3) is 6.72. The van der Waals surface area contributed by atoms with Crippen molar-refractivity contribution in [2.75, 3.05) is 51.3 Å². The Morgan fingerprint density at radius 1 is 1.05 bits per heavy atom. The van der Waals surface area contributed by atoms with Crippen LogP contribution in [0.2, 0.25) is 0 Å². The van der Waals surface area contributed by atoms with E-state index in [1.54, 1.807) is 4.90 Å². The van der Waals surface area contributed by atoms with E-state index in [4.69, 9.17) is 14.5 Å². The van der Waals surface area contributed by atoms with Crippen molar-refractivity contribution in [3.63, 3.8) is 0 Å². The van der Waals surface area contributed by atoms with Crippen molar-refractivity contribution >= 4 is 28.7 Å². The molecule has 2 aromatic rings. The molecular weight excluding hydrogens is 468 g/mol. The second-order valence-electron chi connectivity index (χ2n) is 11.3. The first kappa shape index (κ1) is 27.2. The van der Waals surface area contributed by atoms with Crippen LogP contribution in [0, 0.1) is 12.8 Å². The Bertz CT molecular complexity index is 1090. The van der Waals surface area contributed by atoms with E-state index in [-0.39, 0.29) is 18.1 Å². The SMILES string of the molecule is COC(=O)CC(C1CCN(C(=O)OC(C)(C)C)CC1)N1CCCN(c2c(C)ccc3cccnc23)CC1. The van der Waals surface area contributed by atoms with E-state index in [2.05, 4.69) is 34.9 Å². The minimum absolute atomic E-state index is 0.0972. The molecule has 1 unspecified atom stereocenters. The monoisotopic (exact) mass is 510 g/mol. The summed E-state index contributed by atoms with van der Waals surface area (Å²) < 4.78 is 10.7. The normalized spacial score (nSPS) is 18.9. The summed E-state index contributed by atoms with van der Waals surface area (Å²) in [5.74, 6) is 0.153. The highest BCUT2D eigenvalue weighted by Gasteiger charge is 2.35. The number of amides is 1. The number of pyridine rings is 1. The smallest absolute Gasteiger partial charge is 0.410 e. The Morgan fingerprint density at radius 2 is 1.81 bits per heavy atom. The number of hydrogen-bond donors (Lipinski definition) is 0. The number of piperidine rings is 1. The molecule has 0 spiro atoms. The number of carbonyl (C=O) groups excluding carboxylic acids is 2. The van der Waals surface area contributed by atoms with Crippen molar-refractivity contribution in [2.45, 2.75) is 65.0 Å². The highest BCUT2D eigenvalue weighted by Crippen LogP contribution is 2.32. The average Bonchev–Trinajstić information content (AvgIpc) is 3.12. The fraction of sp³-hybridized carbons (Fsp3) is 0.621. The fourth-order valence-electron chi connectivity index (χ4n) is 5.76. The first-order valence-corrected chi connectivity index (χ1v) is 13.5. The number of esters is 1. The summed E-state index contributed by atoms with van der Waals surface area (Å²) in [6, 6.07) is 8.52. The molecule has 8 nitrogen and oxygen atoms in total. The van der Waals surface area contributed by atoms with Gasteiger partial charge in [0.05, 0.1) is 24.7 Å². The first-order chi connectivity index (χ1) is 17.7. The van der Waals surface area contributed by atoms with Crippen LogP contribution in [0.5, 0.6) is 0 Å². The second-order valence-corrected chi connectivity index (χ2v) is 11.3. The lowest BCUT2D eigenvalue weighted by Crippen LogP contribution is -2.49. The van der Waals surface area contributed by atoms with Crippen molar-refractivity contribution in [3.05, 3.63) is 36.0 Å².